The van der Waals surface area contributed by atoms with Gasteiger partial charge < -0.3 is 10.6 Å². The normalized spacial score (nSPS) is 9.74. The lowest BCUT2D eigenvalue weighted by Gasteiger charge is -2.02. The second kappa shape index (κ2) is 5.82. The van der Waals surface area contributed by atoms with Gasteiger partial charge in [0.2, 0.25) is 11.3 Å². The molecular weight excluding hydrogens is 240 g/mol. The maximum Gasteiger partial charge on any atom is 0.221 e. The molecule has 0 spiro atoms. The first-order valence-corrected chi connectivity index (χ1v) is 5.89. The molecule has 2 aromatic carbocycles. The van der Waals surface area contributed by atoms with Gasteiger partial charge in [0.05, 0.1) is 5.69 Å². The van der Waals surface area contributed by atoms with E-state index in [1.54, 1.807) is 18.2 Å². The number of rotatable bonds is 3. The van der Waals surface area contributed by atoms with Crippen molar-refractivity contribution in [3.8, 4) is 0 Å². The van der Waals surface area contributed by atoms with Crippen LogP contribution in [0.1, 0.15) is 6.92 Å². The molecular formula is C15H14N2O2. The Bertz CT molecular complexity index is 639. The highest BCUT2D eigenvalue weighted by Crippen LogP contribution is 2.13. The van der Waals surface area contributed by atoms with Gasteiger partial charge in [0.25, 0.3) is 0 Å². The quantitative estimate of drug-likeness (QED) is 0.885. The number of hydrogen-bond donors (Lipinski definition) is 2. The first-order chi connectivity index (χ1) is 9.15. The number of nitrogens with one attached hydrogen (secondary N) is 2. The van der Waals surface area contributed by atoms with Gasteiger partial charge in [-0.3, -0.25) is 9.59 Å². The van der Waals surface area contributed by atoms with Crippen molar-refractivity contribution in [3.05, 3.63) is 64.8 Å². The summed E-state index contributed by atoms with van der Waals surface area (Å²) in [5.74, 6) is -0.170. The maximum atomic E-state index is 11.9. The summed E-state index contributed by atoms with van der Waals surface area (Å²) in [6.07, 6.45) is 0. The van der Waals surface area contributed by atoms with Gasteiger partial charge in [0.1, 0.15) is 0 Å². The number of hydrogen-bond acceptors (Lipinski definition) is 3. The molecule has 0 aliphatic rings. The van der Waals surface area contributed by atoms with Crippen LogP contribution in [0, 0.1) is 0 Å². The largest absolute Gasteiger partial charge is 0.352 e. The van der Waals surface area contributed by atoms with Crippen molar-refractivity contribution < 1.29 is 4.79 Å². The monoisotopic (exact) mass is 254 g/mol. The molecule has 0 saturated carbocycles. The molecule has 96 valence electrons. The Morgan fingerprint density at radius 1 is 0.895 bits per heavy atom. The Morgan fingerprint density at radius 3 is 2.26 bits per heavy atom. The molecule has 1 amide bonds. The van der Waals surface area contributed by atoms with Crippen LogP contribution in [-0.2, 0) is 4.79 Å². The van der Waals surface area contributed by atoms with Crippen molar-refractivity contribution in [2.24, 2.45) is 0 Å². The smallest absolute Gasteiger partial charge is 0.221 e. The average Bonchev–Trinajstić information content (AvgIpc) is 2.55. The van der Waals surface area contributed by atoms with E-state index in [2.05, 4.69) is 10.6 Å². The van der Waals surface area contributed by atoms with Crippen molar-refractivity contribution in [1.82, 2.24) is 0 Å². The minimum Gasteiger partial charge on any atom is -0.352 e. The molecule has 0 heterocycles. The molecule has 2 aromatic rings. The number of benzene rings is 1. The molecule has 4 nitrogen and oxygen atoms in total. The van der Waals surface area contributed by atoms with Crippen molar-refractivity contribution in [2.75, 3.05) is 10.6 Å². The fourth-order valence-corrected chi connectivity index (χ4v) is 1.63. The lowest BCUT2D eigenvalue weighted by Crippen LogP contribution is -2.04. The topological polar surface area (TPSA) is 58.2 Å². The van der Waals surface area contributed by atoms with Crippen LogP contribution in [0.4, 0.5) is 17.1 Å². The van der Waals surface area contributed by atoms with Gasteiger partial charge in [-0.25, -0.2) is 0 Å². The summed E-state index contributed by atoms with van der Waals surface area (Å²) in [6.45, 7) is 1.42. The summed E-state index contributed by atoms with van der Waals surface area (Å²) >= 11 is 0. The van der Waals surface area contributed by atoms with Gasteiger partial charge in [-0.05, 0) is 36.4 Å². The highest BCUT2D eigenvalue weighted by Gasteiger charge is 1.99. The van der Waals surface area contributed by atoms with Gasteiger partial charge in [-0.1, -0.05) is 18.2 Å². The number of carbonyl (C=O) groups excluding carboxylic acids is 1. The fraction of sp³-hybridized carbons (Fsp3) is 0.0667. The Balaban J connectivity index is 2.29. The van der Waals surface area contributed by atoms with Crippen molar-refractivity contribution in [3.63, 3.8) is 0 Å². The van der Waals surface area contributed by atoms with Gasteiger partial charge in [0.15, 0.2) is 0 Å². The van der Waals surface area contributed by atoms with Crippen LogP contribution < -0.4 is 16.1 Å². The number of anilines is 3. The SMILES string of the molecule is CC(=O)Nc1ccc(Nc2ccccc2)c(=O)cc1. The summed E-state index contributed by atoms with van der Waals surface area (Å²) in [5, 5.41) is 5.68. The van der Waals surface area contributed by atoms with Crippen molar-refractivity contribution in [1.29, 1.82) is 0 Å². The van der Waals surface area contributed by atoms with E-state index in [1.807, 2.05) is 30.3 Å². The summed E-state index contributed by atoms with van der Waals surface area (Å²) in [7, 11) is 0. The maximum absolute atomic E-state index is 11.9. The zero-order valence-electron chi connectivity index (χ0n) is 10.5. The first-order valence-electron chi connectivity index (χ1n) is 5.89. The Morgan fingerprint density at radius 2 is 1.58 bits per heavy atom. The van der Waals surface area contributed by atoms with E-state index in [0.29, 0.717) is 11.4 Å². The standard InChI is InChI=1S/C15H14N2O2/c1-11(18)16-13-7-9-14(15(19)10-8-13)17-12-5-3-2-4-6-12/h2-10H,1H3,(H,16,18)(H,17,19). The molecule has 2 N–H and O–H groups in total. The van der Waals surface area contributed by atoms with Crippen LogP contribution in [0.3, 0.4) is 0 Å². The molecule has 0 aromatic heterocycles. The second-order valence-corrected chi connectivity index (χ2v) is 4.07. The summed E-state index contributed by atoms with van der Waals surface area (Å²) < 4.78 is 0. The average molecular weight is 254 g/mol. The van der Waals surface area contributed by atoms with Crippen LogP contribution >= 0.6 is 0 Å². The third-order valence-electron chi connectivity index (χ3n) is 2.48. The van der Waals surface area contributed by atoms with Crippen molar-refractivity contribution in [2.45, 2.75) is 6.92 Å². The van der Waals surface area contributed by atoms with Crippen LogP contribution in [0.2, 0.25) is 0 Å². The zero-order chi connectivity index (χ0) is 13.7. The van der Waals surface area contributed by atoms with E-state index in [-0.39, 0.29) is 11.3 Å². The highest BCUT2D eigenvalue weighted by atomic mass is 16.1. The van der Waals surface area contributed by atoms with Crippen LogP contribution in [0.5, 0.6) is 0 Å². The number of amides is 1. The lowest BCUT2D eigenvalue weighted by atomic mass is 10.3. The van der Waals surface area contributed by atoms with E-state index in [4.69, 9.17) is 0 Å². The first kappa shape index (κ1) is 12.8. The second-order valence-electron chi connectivity index (χ2n) is 4.07. The summed E-state index contributed by atoms with van der Waals surface area (Å²) in [4.78, 5) is 22.9. The number of para-hydroxylation sites is 1. The molecule has 19 heavy (non-hydrogen) atoms. The predicted molar refractivity (Wildman–Crippen MR) is 76.7 cm³/mol. The van der Waals surface area contributed by atoms with Crippen LogP contribution in [-0.4, -0.2) is 5.91 Å². The Labute approximate surface area is 111 Å². The molecule has 4 heteroatoms. The molecule has 0 fully saturated rings. The fourth-order valence-electron chi connectivity index (χ4n) is 1.63. The predicted octanol–water partition coefficient (Wildman–Crippen LogP) is 2.75. The Kier molecular flexibility index (Phi) is 3.93. The molecule has 0 bridgehead atoms. The third-order valence-corrected chi connectivity index (χ3v) is 2.48. The molecule has 0 radical (unpaired) electrons. The van der Waals surface area contributed by atoms with E-state index < -0.39 is 0 Å². The molecule has 0 aliphatic carbocycles. The summed E-state index contributed by atoms with van der Waals surface area (Å²) in [5.41, 5.74) is 1.75. The van der Waals surface area contributed by atoms with Gasteiger partial charge in [-0.2, -0.15) is 0 Å². The van der Waals surface area contributed by atoms with Gasteiger partial charge >= 0.3 is 0 Å². The molecule has 2 rings (SSSR count). The molecule has 0 aliphatic heterocycles. The minimum absolute atomic E-state index is 0.138. The van der Waals surface area contributed by atoms with E-state index in [1.165, 1.54) is 13.0 Å². The van der Waals surface area contributed by atoms with Crippen LogP contribution in [0.15, 0.2) is 59.4 Å². The third kappa shape index (κ3) is 3.67. The van der Waals surface area contributed by atoms with Gasteiger partial charge in [-0.15, -0.1) is 0 Å². The minimum atomic E-state index is -0.170. The van der Waals surface area contributed by atoms with Crippen LogP contribution in [0.25, 0.3) is 0 Å². The van der Waals surface area contributed by atoms with Crippen molar-refractivity contribution >= 4 is 23.0 Å². The highest BCUT2D eigenvalue weighted by molar-refractivity contribution is 5.88. The van der Waals surface area contributed by atoms with Gasteiger partial charge in [0, 0.05) is 18.3 Å². The lowest BCUT2D eigenvalue weighted by molar-refractivity contribution is -0.114. The summed E-state index contributed by atoms with van der Waals surface area (Å²) in [6, 6.07) is 15.8. The molecule has 0 saturated heterocycles. The van der Waals surface area contributed by atoms with E-state index in [9.17, 15) is 9.59 Å². The van der Waals surface area contributed by atoms with E-state index in [0.717, 1.165) is 5.69 Å². The zero-order valence-corrected chi connectivity index (χ0v) is 10.5. The molecule has 0 atom stereocenters. The number of carbonyl (C=O) groups is 1. The molecule has 0 unspecified atom stereocenters. The Hall–Kier alpha value is -2.62. The van der Waals surface area contributed by atoms with E-state index >= 15 is 0 Å².